The van der Waals surface area contributed by atoms with Gasteiger partial charge in [-0.05, 0) is 56.8 Å². The van der Waals surface area contributed by atoms with Crippen molar-refractivity contribution in [3.8, 4) is 12.1 Å². The van der Waals surface area contributed by atoms with Crippen LogP contribution in [0.5, 0.6) is 6.01 Å². The molecule has 0 unspecified atom stereocenters. The van der Waals surface area contributed by atoms with Crippen molar-refractivity contribution in [1.29, 1.82) is 5.26 Å². The normalized spacial score (nSPS) is 24.5. The van der Waals surface area contributed by atoms with Gasteiger partial charge < -0.3 is 24.8 Å². The third-order valence-electron chi connectivity index (χ3n) is 9.71. The molecule has 0 bridgehead atoms. The molecule has 220 valence electrons. The van der Waals surface area contributed by atoms with Crippen LogP contribution in [-0.4, -0.2) is 97.4 Å². The third-order valence-corrected chi connectivity index (χ3v) is 9.71. The largest absolute Gasteiger partial charge is 0.462 e. The summed E-state index contributed by atoms with van der Waals surface area (Å²) in [7, 11) is 2.18. The molecule has 3 atom stereocenters. The topological polar surface area (TPSA) is 93.7 Å². The fourth-order valence-electron chi connectivity index (χ4n) is 7.17. The Kier molecular flexibility index (Phi) is 7.61. The summed E-state index contributed by atoms with van der Waals surface area (Å²) in [5.74, 6) is 1.01. The molecule has 3 aromatic rings. The molecule has 4 aliphatic heterocycles. The Morgan fingerprint density at radius 2 is 1.90 bits per heavy atom. The molecule has 0 spiro atoms. The Labute approximate surface area is 249 Å². The van der Waals surface area contributed by atoms with E-state index in [1.807, 2.05) is 0 Å². The third kappa shape index (κ3) is 5.51. The van der Waals surface area contributed by atoms with Crippen molar-refractivity contribution in [3.05, 3.63) is 53.2 Å². The Morgan fingerprint density at radius 3 is 2.69 bits per heavy atom. The van der Waals surface area contributed by atoms with Gasteiger partial charge in [-0.2, -0.15) is 15.2 Å². The Hall–Kier alpha value is -3.45. The van der Waals surface area contributed by atoms with Crippen LogP contribution >= 0.6 is 0 Å². The highest BCUT2D eigenvalue weighted by molar-refractivity contribution is 5.97. The predicted octanol–water partition coefficient (Wildman–Crippen LogP) is 3.35. The maximum absolute atomic E-state index is 9.64. The molecule has 9 heteroatoms. The van der Waals surface area contributed by atoms with Crippen LogP contribution in [-0.2, 0) is 13.0 Å². The van der Waals surface area contributed by atoms with Gasteiger partial charge >= 0.3 is 6.01 Å². The number of fused-ring (bicyclic) bond motifs is 2. The number of aryl methyl sites for hydroxylation is 1. The highest BCUT2D eigenvalue weighted by Crippen LogP contribution is 2.36. The molecule has 9 nitrogen and oxygen atoms in total. The lowest BCUT2D eigenvalue weighted by atomic mass is 9.99. The SMILES string of the molecule is Cc1cccc2cccc(N3CCc4c(nc(OC[C@@H]5CCCN5C)nc4N4CCN(C[C@H]5CN5)[C@@H](CC#N)C4)C3)c12. The van der Waals surface area contributed by atoms with Crippen molar-refractivity contribution >= 4 is 22.3 Å². The standard InChI is InChI=1S/C33H42N8O/c1-23-6-3-7-24-8-4-10-30(31(23)24)40-15-12-28-29(21-40)36-33(42-22-27-9-5-14-38(27)2)37-32(28)41-17-16-39(19-25-18-35-25)26(20-41)11-13-34/h3-4,6-8,10,25-27,35H,5,9,11-12,14-22H2,1-2H3/t25-,26+,27+/m1/s1. The Morgan fingerprint density at radius 1 is 1.05 bits per heavy atom. The minimum Gasteiger partial charge on any atom is -0.462 e. The molecule has 0 amide bonds. The van der Waals surface area contributed by atoms with E-state index < -0.39 is 0 Å². The molecule has 0 radical (unpaired) electrons. The predicted molar refractivity (Wildman–Crippen MR) is 166 cm³/mol. The van der Waals surface area contributed by atoms with Crippen LogP contribution in [0.2, 0.25) is 0 Å². The number of likely N-dealkylation sites (N-methyl/N-ethyl adjacent to an activating group) is 1. The number of nitrogens with one attached hydrogen (secondary N) is 1. The lowest BCUT2D eigenvalue weighted by Gasteiger charge is -2.42. The van der Waals surface area contributed by atoms with Gasteiger partial charge in [-0.15, -0.1) is 0 Å². The fourth-order valence-corrected chi connectivity index (χ4v) is 7.17. The number of anilines is 2. The molecule has 5 heterocycles. The first-order valence-electron chi connectivity index (χ1n) is 15.6. The fraction of sp³-hybridized carbons (Fsp3) is 0.545. The van der Waals surface area contributed by atoms with E-state index in [0.717, 1.165) is 76.7 Å². The van der Waals surface area contributed by atoms with Crippen LogP contribution in [0.4, 0.5) is 11.5 Å². The second-order valence-corrected chi connectivity index (χ2v) is 12.5. The number of rotatable bonds is 8. The Bertz CT molecular complexity index is 1480. The smallest absolute Gasteiger partial charge is 0.318 e. The summed E-state index contributed by atoms with van der Waals surface area (Å²) in [5, 5.41) is 15.7. The van der Waals surface area contributed by atoms with Gasteiger partial charge in [-0.3, -0.25) is 4.90 Å². The molecule has 42 heavy (non-hydrogen) atoms. The summed E-state index contributed by atoms with van der Waals surface area (Å²) < 4.78 is 6.36. The number of hydrogen-bond donors (Lipinski definition) is 1. The molecule has 1 aromatic heterocycles. The van der Waals surface area contributed by atoms with Crippen molar-refractivity contribution in [2.24, 2.45) is 0 Å². The number of ether oxygens (including phenoxy) is 1. The van der Waals surface area contributed by atoms with E-state index in [2.05, 4.69) is 81.4 Å². The number of aromatic nitrogens is 2. The molecular weight excluding hydrogens is 524 g/mol. The van der Waals surface area contributed by atoms with Crippen LogP contribution in [0.15, 0.2) is 36.4 Å². The summed E-state index contributed by atoms with van der Waals surface area (Å²) in [4.78, 5) is 19.9. The van der Waals surface area contributed by atoms with E-state index >= 15 is 0 Å². The second-order valence-electron chi connectivity index (χ2n) is 12.5. The molecule has 3 fully saturated rings. The summed E-state index contributed by atoms with van der Waals surface area (Å²) >= 11 is 0. The van der Waals surface area contributed by atoms with Crippen molar-refractivity contribution in [2.75, 3.05) is 69.3 Å². The number of likely N-dealkylation sites (tertiary alicyclic amines) is 1. The maximum atomic E-state index is 9.64. The zero-order valence-corrected chi connectivity index (χ0v) is 24.9. The van der Waals surface area contributed by atoms with Gasteiger partial charge in [0.25, 0.3) is 0 Å². The second kappa shape index (κ2) is 11.7. The highest BCUT2D eigenvalue weighted by Gasteiger charge is 2.35. The Balaban J connectivity index is 1.20. The number of piperazine rings is 1. The van der Waals surface area contributed by atoms with Gasteiger partial charge in [-0.1, -0.05) is 30.3 Å². The van der Waals surface area contributed by atoms with E-state index in [1.54, 1.807) is 0 Å². The van der Waals surface area contributed by atoms with Crippen molar-refractivity contribution in [1.82, 2.24) is 25.1 Å². The number of nitrogens with zero attached hydrogens (tertiary/aromatic N) is 7. The molecule has 1 N–H and O–H groups in total. The quantitative estimate of drug-likeness (QED) is 0.412. The van der Waals surface area contributed by atoms with Gasteiger partial charge in [-0.25, -0.2) is 0 Å². The van der Waals surface area contributed by atoms with Crippen molar-refractivity contribution in [2.45, 2.75) is 57.3 Å². The van der Waals surface area contributed by atoms with Crippen LogP contribution < -0.4 is 19.9 Å². The van der Waals surface area contributed by atoms with Gasteiger partial charge in [0.2, 0.25) is 0 Å². The van der Waals surface area contributed by atoms with Gasteiger partial charge in [0, 0.05) is 74.0 Å². The summed E-state index contributed by atoms with van der Waals surface area (Å²) in [5.41, 5.74) is 4.86. The zero-order valence-electron chi connectivity index (χ0n) is 24.9. The minimum absolute atomic E-state index is 0.201. The first kappa shape index (κ1) is 27.4. The lowest BCUT2D eigenvalue weighted by Crippen LogP contribution is -2.54. The van der Waals surface area contributed by atoms with Gasteiger partial charge in [0.15, 0.2) is 0 Å². The maximum Gasteiger partial charge on any atom is 0.318 e. The molecule has 2 aromatic carbocycles. The number of nitriles is 1. The molecule has 4 aliphatic rings. The van der Waals surface area contributed by atoms with Crippen molar-refractivity contribution < 1.29 is 4.74 Å². The minimum atomic E-state index is 0.201. The molecule has 7 rings (SSSR count). The van der Waals surface area contributed by atoms with E-state index in [4.69, 9.17) is 14.7 Å². The first-order chi connectivity index (χ1) is 20.6. The van der Waals surface area contributed by atoms with Gasteiger partial charge in [0.05, 0.1) is 24.7 Å². The van der Waals surface area contributed by atoms with E-state index in [9.17, 15) is 5.26 Å². The van der Waals surface area contributed by atoms with E-state index in [0.29, 0.717) is 31.1 Å². The number of hydrogen-bond acceptors (Lipinski definition) is 9. The summed E-state index contributed by atoms with van der Waals surface area (Å²) in [6.07, 6.45) is 3.77. The van der Waals surface area contributed by atoms with Gasteiger partial charge in [0.1, 0.15) is 12.4 Å². The first-order valence-corrected chi connectivity index (χ1v) is 15.6. The van der Waals surface area contributed by atoms with Crippen LogP contribution in [0.1, 0.15) is 36.1 Å². The number of benzene rings is 2. The zero-order chi connectivity index (χ0) is 28.6. The van der Waals surface area contributed by atoms with Crippen LogP contribution in [0.3, 0.4) is 0 Å². The lowest BCUT2D eigenvalue weighted by molar-refractivity contribution is 0.177. The van der Waals surface area contributed by atoms with Crippen LogP contribution in [0, 0.1) is 18.3 Å². The molecule has 3 saturated heterocycles. The highest BCUT2D eigenvalue weighted by atomic mass is 16.5. The molecule has 0 saturated carbocycles. The van der Waals surface area contributed by atoms with E-state index in [-0.39, 0.29) is 6.04 Å². The molecular formula is C33H42N8O. The molecule has 0 aliphatic carbocycles. The van der Waals surface area contributed by atoms with Crippen LogP contribution in [0.25, 0.3) is 10.8 Å². The summed E-state index contributed by atoms with van der Waals surface area (Å²) in [6, 6.07) is 17.3. The van der Waals surface area contributed by atoms with Crippen molar-refractivity contribution in [3.63, 3.8) is 0 Å². The average molecular weight is 567 g/mol. The summed E-state index contributed by atoms with van der Waals surface area (Å²) in [6.45, 7) is 10.3. The van der Waals surface area contributed by atoms with E-state index in [1.165, 1.54) is 34.0 Å². The average Bonchev–Trinajstić information content (AvgIpc) is 3.73. The monoisotopic (exact) mass is 566 g/mol.